The zero-order valence-electron chi connectivity index (χ0n) is 31.3. The molecule has 0 heterocycles. The molecule has 0 aromatic carbocycles. The molecule has 0 aromatic heterocycles. The van der Waals surface area contributed by atoms with Crippen LogP contribution in [0.4, 0.5) is 0 Å². The largest absolute Gasteiger partial charge is 0.481 e. The molecular weight excluding hydrogens is 873 g/mol. The van der Waals surface area contributed by atoms with Gasteiger partial charge in [0, 0.05) is 52.1 Å². The number of amides is 7. The molecule has 0 spiro atoms. The standard InChI is InChI=1S/C32H52BrCl2N7O15/c33-17-25(44)38-8-12-55-14-16-57-21-28(47)41-23(32(52)53)1-3-24(43)37-7-11-54-13-15-56-20-27(46)40-22(2-4-30(49)50)31(51)39-6-10-42(29(48)19-35)9-5-36-26(45)18-34/h22-23H,1-21H2,(H,36,45)(H,37,43)(H,38,44)(H,39,51)(H,40,46)(H,41,47)(H,49,50)(H,52,53). The van der Waals surface area contributed by atoms with Gasteiger partial charge >= 0.3 is 11.9 Å². The van der Waals surface area contributed by atoms with Crippen molar-refractivity contribution in [1.29, 1.82) is 0 Å². The Bertz CT molecular complexity index is 1290. The number of halogens is 3. The van der Waals surface area contributed by atoms with Gasteiger partial charge in [0.1, 0.15) is 37.1 Å². The van der Waals surface area contributed by atoms with Crippen molar-refractivity contribution in [2.24, 2.45) is 0 Å². The molecule has 0 saturated carbocycles. The van der Waals surface area contributed by atoms with Crippen LogP contribution in [0.1, 0.15) is 25.7 Å². The predicted molar refractivity (Wildman–Crippen MR) is 205 cm³/mol. The summed E-state index contributed by atoms with van der Waals surface area (Å²) < 4.78 is 20.9. The molecule has 0 fully saturated rings. The highest BCUT2D eigenvalue weighted by Crippen LogP contribution is 2.01. The van der Waals surface area contributed by atoms with E-state index in [9.17, 15) is 48.3 Å². The quantitative estimate of drug-likeness (QED) is 0.0231. The van der Waals surface area contributed by atoms with Gasteiger partial charge in [0.05, 0.1) is 45.0 Å². The minimum absolute atomic E-state index is 0.0179. The summed E-state index contributed by atoms with van der Waals surface area (Å²) in [6.45, 7) is 0.134. The van der Waals surface area contributed by atoms with Gasteiger partial charge in [-0.05, 0) is 12.8 Å². The zero-order valence-corrected chi connectivity index (χ0v) is 34.4. The fraction of sp³-hybridized carbons (Fsp3) is 0.719. The van der Waals surface area contributed by atoms with Crippen LogP contribution in [0.15, 0.2) is 0 Å². The lowest BCUT2D eigenvalue weighted by Gasteiger charge is -2.23. The third-order valence-electron chi connectivity index (χ3n) is 7.03. The van der Waals surface area contributed by atoms with E-state index in [4.69, 9.17) is 47.3 Å². The Morgan fingerprint density at radius 3 is 1.56 bits per heavy atom. The molecule has 0 bridgehead atoms. The first-order valence-corrected chi connectivity index (χ1v) is 19.8. The van der Waals surface area contributed by atoms with Crippen molar-refractivity contribution >= 4 is 92.4 Å². The van der Waals surface area contributed by atoms with Gasteiger partial charge in [-0.2, -0.15) is 0 Å². The molecule has 2 atom stereocenters. The van der Waals surface area contributed by atoms with Gasteiger partial charge in [0.15, 0.2) is 0 Å². The molecule has 326 valence electrons. The van der Waals surface area contributed by atoms with Crippen LogP contribution in [0.5, 0.6) is 0 Å². The summed E-state index contributed by atoms with van der Waals surface area (Å²) in [5, 5.41) is 33.5. The van der Waals surface area contributed by atoms with E-state index in [1.54, 1.807) is 0 Å². The normalized spacial score (nSPS) is 11.7. The third kappa shape index (κ3) is 30.0. The lowest BCUT2D eigenvalue weighted by atomic mass is 10.1. The molecular formula is C32H52BrCl2N7O15. The van der Waals surface area contributed by atoms with E-state index >= 15 is 0 Å². The Balaban J connectivity index is 4.35. The second-order valence-electron chi connectivity index (χ2n) is 11.5. The molecule has 0 aliphatic rings. The molecule has 0 rings (SSSR count). The number of carboxylic acids is 2. The van der Waals surface area contributed by atoms with E-state index in [1.165, 1.54) is 4.90 Å². The Hall–Kier alpha value is -3.87. The molecule has 0 aliphatic heterocycles. The first-order chi connectivity index (χ1) is 27.2. The number of ether oxygens (including phenoxy) is 4. The highest BCUT2D eigenvalue weighted by molar-refractivity contribution is 9.09. The molecule has 8 N–H and O–H groups in total. The third-order valence-corrected chi connectivity index (χ3v) is 8.01. The summed E-state index contributed by atoms with van der Waals surface area (Å²) in [7, 11) is 0. The highest BCUT2D eigenvalue weighted by Gasteiger charge is 2.23. The SMILES string of the molecule is O=C(O)CCC(NC(=O)COCCOCCNC(=O)CCC(NC(=O)COCCOCCNC(=O)CBr)C(=O)O)C(=O)NCCN(CCNC(=O)CCl)C(=O)CCl. The summed E-state index contributed by atoms with van der Waals surface area (Å²) in [6.07, 6.45) is -1.04. The molecule has 0 radical (unpaired) electrons. The van der Waals surface area contributed by atoms with E-state index in [0.717, 1.165) is 0 Å². The van der Waals surface area contributed by atoms with Crippen LogP contribution < -0.4 is 31.9 Å². The maximum absolute atomic E-state index is 12.8. The van der Waals surface area contributed by atoms with E-state index in [2.05, 4.69) is 47.8 Å². The fourth-order valence-electron chi connectivity index (χ4n) is 4.23. The maximum atomic E-state index is 12.8. The number of hydrogen-bond acceptors (Lipinski definition) is 13. The number of carboxylic acid groups (broad SMARTS) is 2. The predicted octanol–water partition coefficient (Wildman–Crippen LogP) is -3.08. The van der Waals surface area contributed by atoms with Crippen LogP contribution in [-0.4, -0.2) is 190 Å². The van der Waals surface area contributed by atoms with Crippen LogP contribution >= 0.6 is 39.1 Å². The van der Waals surface area contributed by atoms with Gasteiger partial charge in [-0.3, -0.25) is 38.4 Å². The smallest absolute Gasteiger partial charge is 0.326 e. The Morgan fingerprint density at radius 2 is 1.05 bits per heavy atom. The van der Waals surface area contributed by atoms with Gasteiger partial charge < -0.3 is 66.0 Å². The van der Waals surface area contributed by atoms with Gasteiger partial charge in [0.25, 0.3) is 0 Å². The van der Waals surface area contributed by atoms with E-state index in [1.807, 2.05) is 0 Å². The number of nitrogens with one attached hydrogen (secondary N) is 6. The minimum Gasteiger partial charge on any atom is -0.481 e. The summed E-state index contributed by atoms with van der Waals surface area (Å²) in [6, 6.07) is -2.55. The molecule has 0 aromatic rings. The fourth-order valence-corrected chi connectivity index (χ4v) is 4.69. The first kappa shape index (κ1) is 53.1. The van der Waals surface area contributed by atoms with Crippen LogP contribution in [0.2, 0.25) is 0 Å². The van der Waals surface area contributed by atoms with E-state index in [-0.39, 0.29) is 115 Å². The van der Waals surface area contributed by atoms with Crippen LogP contribution in [0, 0.1) is 0 Å². The topological polar surface area (TPSA) is 306 Å². The highest BCUT2D eigenvalue weighted by atomic mass is 79.9. The number of hydrogen-bond donors (Lipinski definition) is 8. The number of carbonyl (C=O) groups is 9. The van der Waals surface area contributed by atoms with Crippen molar-refractivity contribution in [2.75, 3.05) is 109 Å². The van der Waals surface area contributed by atoms with Crippen LogP contribution in [0.25, 0.3) is 0 Å². The molecule has 0 saturated heterocycles. The van der Waals surface area contributed by atoms with Crippen molar-refractivity contribution < 1.29 is 72.3 Å². The zero-order chi connectivity index (χ0) is 42.8. The number of nitrogens with zero attached hydrogens (tertiary/aromatic N) is 1. The minimum atomic E-state index is -1.33. The summed E-state index contributed by atoms with van der Waals surface area (Å²) in [5.41, 5.74) is 0. The molecule has 2 unspecified atom stereocenters. The molecule has 7 amide bonds. The molecule has 57 heavy (non-hydrogen) atoms. The molecule has 0 aliphatic carbocycles. The maximum Gasteiger partial charge on any atom is 0.326 e. The van der Waals surface area contributed by atoms with Crippen molar-refractivity contribution in [3.63, 3.8) is 0 Å². The number of rotatable bonds is 35. The van der Waals surface area contributed by atoms with Crippen molar-refractivity contribution in [2.45, 2.75) is 37.8 Å². The summed E-state index contributed by atoms with van der Waals surface area (Å²) in [5.74, 6) is -6.74. The van der Waals surface area contributed by atoms with E-state index in [0.29, 0.717) is 6.54 Å². The monoisotopic (exact) mass is 923 g/mol. The Labute approximate surface area is 347 Å². The molecule has 22 nitrogen and oxygen atoms in total. The number of alkyl halides is 3. The average Bonchev–Trinajstić information content (AvgIpc) is 3.18. The van der Waals surface area contributed by atoms with Crippen molar-refractivity contribution in [3.8, 4) is 0 Å². The van der Waals surface area contributed by atoms with Gasteiger partial charge in [-0.15, -0.1) is 23.2 Å². The second-order valence-corrected chi connectivity index (χ2v) is 12.6. The van der Waals surface area contributed by atoms with E-state index < -0.39 is 79.1 Å². The van der Waals surface area contributed by atoms with Crippen LogP contribution in [-0.2, 0) is 62.1 Å². The summed E-state index contributed by atoms with van der Waals surface area (Å²) in [4.78, 5) is 108. The first-order valence-electron chi connectivity index (χ1n) is 17.6. The molecule has 25 heteroatoms. The lowest BCUT2D eigenvalue weighted by molar-refractivity contribution is -0.143. The Morgan fingerprint density at radius 1 is 0.561 bits per heavy atom. The van der Waals surface area contributed by atoms with Gasteiger partial charge in [0.2, 0.25) is 41.4 Å². The van der Waals surface area contributed by atoms with Gasteiger partial charge in [-0.25, -0.2) is 4.79 Å². The second kappa shape index (κ2) is 34.2. The lowest BCUT2D eigenvalue weighted by Crippen LogP contribution is -2.50. The van der Waals surface area contributed by atoms with Crippen molar-refractivity contribution in [1.82, 2.24) is 36.8 Å². The summed E-state index contributed by atoms with van der Waals surface area (Å²) >= 11 is 14.1. The van der Waals surface area contributed by atoms with Crippen LogP contribution in [0.3, 0.4) is 0 Å². The number of aliphatic carboxylic acids is 2. The number of carbonyl (C=O) groups excluding carboxylic acids is 7. The average molecular weight is 926 g/mol. The Kier molecular flexibility index (Phi) is 31.9. The van der Waals surface area contributed by atoms with Crippen molar-refractivity contribution in [3.05, 3.63) is 0 Å². The van der Waals surface area contributed by atoms with Gasteiger partial charge in [-0.1, -0.05) is 15.9 Å².